The first-order valence-corrected chi connectivity index (χ1v) is 7.42. The second kappa shape index (κ2) is 4.71. The summed E-state index contributed by atoms with van der Waals surface area (Å²) in [5.74, 6) is -1.03. The standard InChI is InChI=1S/C14H11NO5S/c16-13-7-8-14(17)15(13)20-21(18,19)12-6-5-10-3-1-2-4-11(10)9-12/h1-9,16-17H. The lowest BCUT2D eigenvalue weighted by Gasteiger charge is -2.09. The summed E-state index contributed by atoms with van der Waals surface area (Å²) >= 11 is 0. The van der Waals surface area contributed by atoms with Crippen LogP contribution in [0.25, 0.3) is 10.8 Å². The van der Waals surface area contributed by atoms with Crippen molar-refractivity contribution < 1.29 is 22.9 Å². The molecule has 0 saturated carbocycles. The lowest BCUT2D eigenvalue weighted by Crippen LogP contribution is -2.19. The van der Waals surface area contributed by atoms with E-state index in [1.54, 1.807) is 18.2 Å². The summed E-state index contributed by atoms with van der Waals surface area (Å²) in [6.07, 6.45) is 0. The van der Waals surface area contributed by atoms with Gasteiger partial charge in [0.05, 0.1) is 0 Å². The van der Waals surface area contributed by atoms with E-state index in [0.29, 0.717) is 4.73 Å². The summed E-state index contributed by atoms with van der Waals surface area (Å²) in [5, 5.41) is 20.5. The van der Waals surface area contributed by atoms with Gasteiger partial charge in [0.15, 0.2) is 0 Å². The van der Waals surface area contributed by atoms with Crippen molar-refractivity contribution in [3.8, 4) is 11.8 Å². The van der Waals surface area contributed by atoms with Gasteiger partial charge in [-0.25, -0.2) is 0 Å². The number of aromatic nitrogens is 1. The third-order valence-corrected chi connectivity index (χ3v) is 4.16. The first-order valence-electron chi connectivity index (χ1n) is 6.01. The van der Waals surface area contributed by atoms with Gasteiger partial charge in [-0.1, -0.05) is 35.1 Å². The third-order valence-electron chi connectivity index (χ3n) is 2.98. The number of aromatic hydroxyl groups is 2. The normalized spacial score (nSPS) is 11.6. The molecule has 0 unspecified atom stereocenters. The molecule has 0 radical (unpaired) electrons. The van der Waals surface area contributed by atoms with Crippen LogP contribution < -0.4 is 4.28 Å². The van der Waals surface area contributed by atoms with E-state index in [1.165, 1.54) is 12.1 Å². The van der Waals surface area contributed by atoms with E-state index in [-0.39, 0.29) is 4.90 Å². The molecule has 21 heavy (non-hydrogen) atoms. The van der Waals surface area contributed by atoms with Crippen molar-refractivity contribution >= 4 is 20.9 Å². The molecule has 6 nitrogen and oxygen atoms in total. The van der Waals surface area contributed by atoms with Crippen LogP contribution in [0.3, 0.4) is 0 Å². The first-order chi connectivity index (χ1) is 9.97. The minimum Gasteiger partial charge on any atom is -0.492 e. The zero-order valence-electron chi connectivity index (χ0n) is 10.7. The second-order valence-electron chi connectivity index (χ2n) is 4.38. The monoisotopic (exact) mass is 305 g/mol. The molecule has 0 aliphatic heterocycles. The van der Waals surface area contributed by atoms with Crippen LogP contribution >= 0.6 is 0 Å². The van der Waals surface area contributed by atoms with Crippen LogP contribution in [0.15, 0.2) is 59.5 Å². The molecule has 7 heteroatoms. The average Bonchev–Trinajstić information content (AvgIpc) is 2.78. The Morgan fingerprint density at radius 3 is 2.14 bits per heavy atom. The number of fused-ring (bicyclic) bond motifs is 1. The molecule has 108 valence electrons. The lowest BCUT2D eigenvalue weighted by atomic mass is 10.1. The Balaban J connectivity index is 2.04. The average molecular weight is 305 g/mol. The fraction of sp³-hybridized carbons (Fsp3) is 0. The molecule has 0 spiro atoms. The van der Waals surface area contributed by atoms with Gasteiger partial charge in [0, 0.05) is 12.1 Å². The predicted octanol–water partition coefficient (Wildman–Crippen LogP) is 1.87. The van der Waals surface area contributed by atoms with Gasteiger partial charge in [0.1, 0.15) is 4.90 Å². The van der Waals surface area contributed by atoms with E-state index >= 15 is 0 Å². The van der Waals surface area contributed by atoms with Crippen LogP contribution in [0.4, 0.5) is 0 Å². The molecule has 0 saturated heterocycles. The fourth-order valence-corrected chi connectivity index (χ4v) is 2.88. The molecule has 0 aliphatic carbocycles. The second-order valence-corrected chi connectivity index (χ2v) is 5.91. The van der Waals surface area contributed by atoms with Crippen LogP contribution in [0.2, 0.25) is 0 Å². The Hall–Kier alpha value is -2.67. The highest BCUT2D eigenvalue weighted by Crippen LogP contribution is 2.23. The van der Waals surface area contributed by atoms with Crippen LogP contribution in [0.1, 0.15) is 0 Å². The maximum absolute atomic E-state index is 12.2. The van der Waals surface area contributed by atoms with Crippen molar-refractivity contribution in [1.29, 1.82) is 0 Å². The van der Waals surface area contributed by atoms with Crippen LogP contribution in [0.5, 0.6) is 11.8 Å². The fourth-order valence-electron chi connectivity index (χ4n) is 1.94. The van der Waals surface area contributed by atoms with Crippen molar-refractivity contribution in [3.05, 3.63) is 54.6 Å². The third kappa shape index (κ3) is 2.38. The molecule has 2 aromatic carbocycles. The highest BCUT2D eigenvalue weighted by Gasteiger charge is 2.20. The summed E-state index contributed by atoms with van der Waals surface area (Å²) < 4.78 is 29.5. The van der Waals surface area contributed by atoms with Crippen LogP contribution in [-0.4, -0.2) is 23.4 Å². The number of nitrogens with zero attached hydrogens (tertiary/aromatic N) is 1. The molecule has 0 bridgehead atoms. The molecule has 3 rings (SSSR count). The van der Waals surface area contributed by atoms with Gasteiger partial charge in [0.2, 0.25) is 11.8 Å². The highest BCUT2D eigenvalue weighted by atomic mass is 32.2. The van der Waals surface area contributed by atoms with Crippen LogP contribution in [0, 0.1) is 0 Å². The maximum Gasteiger partial charge on any atom is 0.357 e. The molecule has 0 atom stereocenters. The molecule has 3 aromatic rings. The molecule has 1 aromatic heterocycles. The molecular formula is C14H11NO5S. The Morgan fingerprint density at radius 2 is 1.48 bits per heavy atom. The van der Waals surface area contributed by atoms with Crippen molar-refractivity contribution in [1.82, 2.24) is 4.73 Å². The SMILES string of the molecule is O=S(=O)(On1c(O)ccc1O)c1ccc2ccccc2c1. The Morgan fingerprint density at radius 1 is 0.857 bits per heavy atom. The number of hydrogen-bond acceptors (Lipinski definition) is 5. The summed E-state index contributed by atoms with van der Waals surface area (Å²) in [6, 6.07) is 14.0. The Kier molecular flexibility index (Phi) is 2.99. The number of hydrogen-bond donors (Lipinski definition) is 2. The zero-order valence-corrected chi connectivity index (χ0v) is 11.5. The van der Waals surface area contributed by atoms with Gasteiger partial charge in [-0.15, -0.1) is 0 Å². The summed E-state index contributed by atoms with van der Waals surface area (Å²) in [5.41, 5.74) is 0. The van der Waals surface area contributed by atoms with E-state index in [4.69, 9.17) is 4.28 Å². The predicted molar refractivity (Wildman–Crippen MR) is 75.5 cm³/mol. The minimum absolute atomic E-state index is 0.0753. The molecule has 0 aliphatic rings. The molecule has 1 heterocycles. The Labute approximate surface area is 120 Å². The van der Waals surface area contributed by atoms with Crippen LogP contribution in [-0.2, 0) is 10.1 Å². The molecule has 2 N–H and O–H groups in total. The van der Waals surface area contributed by atoms with Gasteiger partial charge in [-0.3, -0.25) is 4.28 Å². The van der Waals surface area contributed by atoms with Gasteiger partial charge >= 0.3 is 10.1 Å². The lowest BCUT2D eigenvalue weighted by molar-refractivity contribution is 0.203. The first kappa shape index (κ1) is 13.3. The number of rotatable bonds is 3. The summed E-state index contributed by atoms with van der Waals surface area (Å²) in [4.78, 5) is -0.0753. The maximum atomic E-state index is 12.2. The molecule has 0 amide bonds. The largest absolute Gasteiger partial charge is 0.492 e. The van der Waals surface area contributed by atoms with Crippen molar-refractivity contribution in [2.24, 2.45) is 0 Å². The number of benzene rings is 2. The topological polar surface area (TPSA) is 88.8 Å². The zero-order chi connectivity index (χ0) is 15.0. The van der Waals surface area contributed by atoms with Gasteiger partial charge in [-0.05, 0) is 22.9 Å². The van der Waals surface area contributed by atoms with E-state index in [9.17, 15) is 18.6 Å². The van der Waals surface area contributed by atoms with Crippen molar-refractivity contribution in [2.75, 3.05) is 0 Å². The van der Waals surface area contributed by atoms with Crippen molar-refractivity contribution in [3.63, 3.8) is 0 Å². The van der Waals surface area contributed by atoms with Gasteiger partial charge in [0.25, 0.3) is 0 Å². The smallest absolute Gasteiger partial charge is 0.357 e. The molecule has 0 fully saturated rings. The highest BCUT2D eigenvalue weighted by molar-refractivity contribution is 7.87. The van der Waals surface area contributed by atoms with E-state index in [0.717, 1.165) is 22.9 Å². The quantitative estimate of drug-likeness (QED) is 0.771. The van der Waals surface area contributed by atoms with E-state index < -0.39 is 21.9 Å². The van der Waals surface area contributed by atoms with E-state index in [1.807, 2.05) is 12.1 Å². The Bertz CT molecular complexity index is 895. The van der Waals surface area contributed by atoms with Gasteiger partial charge in [-0.2, -0.15) is 8.42 Å². The summed E-state index contributed by atoms with van der Waals surface area (Å²) in [6.45, 7) is 0. The minimum atomic E-state index is -4.18. The van der Waals surface area contributed by atoms with Crippen molar-refractivity contribution in [2.45, 2.75) is 4.90 Å². The van der Waals surface area contributed by atoms with E-state index in [2.05, 4.69) is 0 Å². The van der Waals surface area contributed by atoms with Gasteiger partial charge < -0.3 is 10.2 Å². The summed E-state index contributed by atoms with van der Waals surface area (Å²) in [7, 11) is -4.18. The molecular weight excluding hydrogens is 294 g/mol.